The van der Waals surface area contributed by atoms with E-state index in [0.29, 0.717) is 26.2 Å². The third kappa shape index (κ3) is 5.86. The van der Waals surface area contributed by atoms with Crippen LogP contribution in [0.25, 0.3) is 0 Å². The van der Waals surface area contributed by atoms with Crippen LogP contribution in [0.5, 0.6) is 0 Å². The predicted octanol–water partition coefficient (Wildman–Crippen LogP) is 3.64. The summed E-state index contributed by atoms with van der Waals surface area (Å²) in [5.41, 5.74) is 2.73. The van der Waals surface area contributed by atoms with Crippen LogP contribution in [0.15, 0.2) is 41.1 Å². The highest BCUT2D eigenvalue weighted by atomic mass is 32.1. The van der Waals surface area contributed by atoms with Crippen LogP contribution in [0, 0.1) is 6.92 Å². The number of carbonyl (C=O) groups excluding carboxylic acids is 2. The summed E-state index contributed by atoms with van der Waals surface area (Å²) in [4.78, 5) is 40.0. The maximum absolute atomic E-state index is 12.7. The van der Waals surface area contributed by atoms with Crippen molar-refractivity contribution in [2.75, 3.05) is 43.4 Å². The molecule has 184 valence electrons. The number of urea groups is 1. The van der Waals surface area contributed by atoms with Crippen LogP contribution in [0.3, 0.4) is 0 Å². The number of nitrogens with zero attached hydrogens (tertiary/aromatic N) is 3. The van der Waals surface area contributed by atoms with Crippen molar-refractivity contribution in [2.24, 2.45) is 0 Å². The molecule has 2 aliphatic heterocycles. The first-order valence-corrected chi connectivity index (χ1v) is 11.3. The van der Waals surface area contributed by atoms with E-state index >= 15 is 0 Å². The molecule has 0 bridgehead atoms. The monoisotopic (exact) mass is 498 g/mol. The van der Waals surface area contributed by atoms with Crippen LogP contribution < -0.4 is 10.2 Å². The van der Waals surface area contributed by atoms with E-state index in [9.17, 15) is 22.8 Å². The van der Waals surface area contributed by atoms with Crippen molar-refractivity contribution in [3.8, 4) is 0 Å². The molecular formula is C22H25F3N4O4S. The molecule has 1 spiro atoms. The molecule has 1 aromatic heterocycles. The van der Waals surface area contributed by atoms with Crippen molar-refractivity contribution in [3.63, 3.8) is 0 Å². The number of carboxylic acid groups (broad SMARTS) is 1. The molecular weight excluding hydrogens is 473 g/mol. The minimum atomic E-state index is -5.08. The molecule has 4 rings (SSSR count). The van der Waals surface area contributed by atoms with Crippen molar-refractivity contribution < 1.29 is 32.7 Å². The molecule has 12 heteroatoms. The van der Waals surface area contributed by atoms with Crippen molar-refractivity contribution in [1.82, 2.24) is 9.80 Å². The smallest absolute Gasteiger partial charge is 0.475 e. The molecule has 2 fully saturated rings. The van der Waals surface area contributed by atoms with Crippen LogP contribution >= 0.6 is 11.3 Å². The first kappa shape index (κ1) is 25.5. The Hall–Kier alpha value is -3.12. The van der Waals surface area contributed by atoms with Gasteiger partial charge in [0.25, 0.3) is 0 Å². The third-order valence-electron chi connectivity index (χ3n) is 5.92. The summed E-state index contributed by atoms with van der Waals surface area (Å²) >= 11 is 1.59. The first-order valence-electron chi connectivity index (χ1n) is 10.4. The van der Waals surface area contributed by atoms with Gasteiger partial charge in [-0.3, -0.25) is 9.69 Å². The fraction of sp³-hybridized carbons (Fsp3) is 0.409. The molecule has 1 aromatic carbocycles. The number of aliphatic carboxylic acids is 1. The molecule has 2 saturated heterocycles. The molecule has 2 N–H and O–H groups in total. The van der Waals surface area contributed by atoms with Crippen LogP contribution in [-0.2, 0) is 9.59 Å². The SMILES string of the molecule is Cc1ccc(NC(=O)N2CCC3(C2)CN(c2ccsc2)C(=O)CN3C)cc1.O=C(O)C(F)(F)F. The number of likely N-dealkylation sites (N-methyl/N-ethyl adjacent to an activating group) is 1. The normalized spacial score (nSPS) is 20.8. The van der Waals surface area contributed by atoms with Crippen LogP contribution in [-0.4, -0.2) is 77.8 Å². The zero-order chi connectivity index (χ0) is 25.1. The van der Waals surface area contributed by atoms with Crippen molar-refractivity contribution >= 4 is 40.6 Å². The number of amides is 3. The van der Waals surface area contributed by atoms with Gasteiger partial charge in [-0.05, 0) is 44.0 Å². The molecule has 8 nitrogen and oxygen atoms in total. The molecule has 0 saturated carbocycles. The van der Waals surface area contributed by atoms with Crippen LogP contribution in [0.4, 0.5) is 29.3 Å². The van der Waals surface area contributed by atoms with Crippen LogP contribution in [0.2, 0.25) is 0 Å². The number of likely N-dealkylation sites (tertiary alicyclic amines) is 1. The summed E-state index contributed by atoms with van der Waals surface area (Å²) in [5.74, 6) is -2.64. The summed E-state index contributed by atoms with van der Waals surface area (Å²) in [6, 6.07) is 9.72. The summed E-state index contributed by atoms with van der Waals surface area (Å²) in [7, 11) is 1.99. The van der Waals surface area contributed by atoms with Gasteiger partial charge in [0.2, 0.25) is 5.91 Å². The number of aryl methyl sites for hydroxylation is 1. The van der Waals surface area contributed by atoms with E-state index in [4.69, 9.17) is 9.90 Å². The lowest BCUT2D eigenvalue weighted by atomic mass is 9.93. The van der Waals surface area contributed by atoms with Gasteiger partial charge in [-0.2, -0.15) is 24.5 Å². The summed E-state index contributed by atoms with van der Waals surface area (Å²) in [5, 5.41) is 14.1. The molecule has 3 amide bonds. The Balaban J connectivity index is 0.000000406. The van der Waals surface area contributed by atoms with Gasteiger partial charge in [-0.25, -0.2) is 9.59 Å². The minimum Gasteiger partial charge on any atom is -0.475 e. The predicted molar refractivity (Wildman–Crippen MR) is 122 cm³/mol. The van der Waals surface area contributed by atoms with Gasteiger partial charge >= 0.3 is 18.2 Å². The Morgan fingerprint density at radius 2 is 1.79 bits per heavy atom. The standard InChI is InChI=1S/C20H24N4O2S.C2HF3O2/c1-15-3-5-16(6-4-15)21-19(26)23-9-8-20(13-23)14-24(17-7-10-27-12-17)18(25)11-22(20)2;3-2(4,5)1(6)7/h3-7,10,12H,8-9,11,13-14H2,1-2H3,(H,21,26);(H,6,7). The minimum absolute atomic E-state index is 0.0805. The van der Waals surface area contributed by atoms with E-state index in [0.717, 1.165) is 23.4 Å². The number of halogens is 3. The van der Waals surface area contributed by atoms with Gasteiger partial charge in [0.05, 0.1) is 17.8 Å². The molecule has 3 heterocycles. The number of anilines is 2. The first-order chi connectivity index (χ1) is 15.9. The Morgan fingerprint density at radius 1 is 1.15 bits per heavy atom. The summed E-state index contributed by atoms with van der Waals surface area (Å²) in [6.07, 6.45) is -4.22. The average molecular weight is 499 g/mol. The number of piperazine rings is 1. The second kappa shape index (κ2) is 10.0. The van der Waals surface area contributed by atoms with Gasteiger partial charge < -0.3 is 20.2 Å². The van der Waals surface area contributed by atoms with Gasteiger partial charge in [0, 0.05) is 30.7 Å². The molecule has 1 unspecified atom stereocenters. The van der Waals surface area contributed by atoms with Crippen molar-refractivity contribution in [3.05, 3.63) is 46.7 Å². The number of benzene rings is 1. The van der Waals surface area contributed by atoms with E-state index in [-0.39, 0.29) is 17.5 Å². The largest absolute Gasteiger partial charge is 0.490 e. The van der Waals surface area contributed by atoms with E-state index < -0.39 is 12.1 Å². The molecule has 34 heavy (non-hydrogen) atoms. The maximum Gasteiger partial charge on any atom is 0.490 e. The van der Waals surface area contributed by atoms with E-state index in [2.05, 4.69) is 10.2 Å². The summed E-state index contributed by atoms with van der Waals surface area (Å²) in [6.45, 7) is 4.33. The number of rotatable bonds is 2. The molecule has 2 aromatic rings. The Bertz CT molecular complexity index is 1030. The fourth-order valence-corrected chi connectivity index (χ4v) is 4.56. The van der Waals surface area contributed by atoms with E-state index in [1.165, 1.54) is 0 Å². The van der Waals surface area contributed by atoms with Gasteiger partial charge in [0.15, 0.2) is 0 Å². The maximum atomic E-state index is 12.7. The molecule has 2 aliphatic rings. The number of carbonyl (C=O) groups is 3. The molecule has 0 aliphatic carbocycles. The highest BCUT2D eigenvalue weighted by Crippen LogP contribution is 2.34. The topological polar surface area (TPSA) is 93.2 Å². The average Bonchev–Trinajstić information content (AvgIpc) is 3.43. The Kier molecular flexibility index (Phi) is 7.51. The van der Waals surface area contributed by atoms with Gasteiger partial charge in [-0.1, -0.05) is 17.7 Å². The van der Waals surface area contributed by atoms with Crippen molar-refractivity contribution in [1.29, 1.82) is 0 Å². The quantitative estimate of drug-likeness (QED) is 0.660. The summed E-state index contributed by atoms with van der Waals surface area (Å²) < 4.78 is 31.7. The highest BCUT2D eigenvalue weighted by Gasteiger charge is 2.48. The molecule has 0 radical (unpaired) electrons. The van der Waals surface area contributed by atoms with E-state index in [1.54, 1.807) is 11.3 Å². The molecule has 1 atom stereocenters. The zero-order valence-corrected chi connectivity index (χ0v) is 19.4. The van der Waals surface area contributed by atoms with Crippen LogP contribution in [0.1, 0.15) is 12.0 Å². The lowest BCUT2D eigenvalue weighted by molar-refractivity contribution is -0.192. The zero-order valence-electron chi connectivity index (χ0n) is 18.6. The Labute approximate surface area is 198 Å². The Morgan fingerprint density at radius 3 is 2.35 bits per heavy atom. The lowest BCUT2D eigenvalue weighted by Crippen LogP contribution is -2.64. The highest BCUT2D eigenvalue weighted by molar-refractivity contribution is 7.08. The van der Waals surface area contributed by atoms with Gasteiger partial charge in [-0.15, -0.1) is 0 Å². The lowest BCUT2D eigenvalue weighted by Gasteiger charge is -2.46. The second-order valence-electron chi connectivity index (χ2n) is 8.31. The number of thiophene rings is 1. The van der Waals surface area contributed by atoms with E-state index in [1.807, 2.05) is 64.9 Å². The van der Waals surface area contributed by atoms with Gasteiger partial charge in [0.1, 0.15) is 0 Å². The van der Waals surface area contributed by atoms with Crippen molar-refractivity contribution in [2.45, 2.75) is 25.1 Å². The number of hydrogen-bond acceptors (Lipinski definition) is 5. The fourth-order valence-electron chi connectivity index (χ4n) is 3.92. The number of alkyl halides is 3. The second-order valence-corrected chi connectivity index (χ2v) is 9.09. The number of carboxylic acids is 1. The third-order valence-corrected chi connectivity index (χ3v) is 6.59. The number of hydrogen-bond donors (Lipinski definition) is 2. The number of nitrogens with one attached hydrogen (secondary N) is 1.